The maximum Gasteiger partial charge on any atom is 0.314 e. The van der Waals surface area contributed by atoms with Crippen LogP contribution in [0.2, 0.25) is 0 Å². The highest BCUT2D eigenvalue weighted by atomic mass is 16.4. The van der Waals surface area contributed by atoms with Crippen LogP contribution in [0.25, 0.3) is 0 Å². The van der Waals surface area contributed by atoms with Crippen LogP contribution in [0.3, 0.4) is 0 Å². The summed E-state index contributed by atoms with van der Waals surface area (Å²) in [6.07, 6.45) is 10.6. The molecule has 28 heavy (non-hydrogen) atoms. The number of nitrogens with one attached hydrogen (secondary N) is 1. The third-order valence-corrected chi connectivity index (χ3v) is 6.99. The molecule has 0 spiro atoms. The standard InChI is InChI=1S/C23H27N3O2/c27-22(28)23(13-4-14-23)16-9-11-17(12-10-16)24-21-18-7-3-8-19(18)25-20(26-21)15-5-1-2-6-15/h9-12,15H,1-8,13-14H2,(H,27,28)(H,24,25,26). The van der Waals surface area contributed by atoms with Gasteiger partial charge >= 0.3 is 5.97 Å². The first-order valence-corrected chi connectivity index (χ1v) is 10.7. The zero-order valence-electron chi connectivity index (χ0n) is 16.2. The first-order valence-electron chi connectivity index (χ1n) is 10.7. The molecule has 0 atom stereocenters. The predicted molar refractivity (Wildman–Crippen MR) is 108 cm³/mol. The normalized spacial score (nSPS) is 20.6. The first kappa shape index (κ1) is 17.7. The van der Waals surface area contributed by atoms with Gasteiger partial charge < -0.3 is 10.4 Å². The van der Waals surface area contributed by atoms with Gasteiger partial charge in [-0.25, -0.2) is 9.97 Å². The van der Waals surface area contributed by atoms with Gasteiger partial charge in [0.1, 0.15) is 11.6 Å². The van der Waals surface area contributed by atoms with Gasteiger partial charge in [-0.1, -0.05) is 31.4 Å². The van der Waals surface area contributed by atoms with Crippen molar-refractivity contribution < 1.29 is 9.90 Å². The van der Waals surface area contributed by atoms with Crippen molar-refractivity contribution in [2.24, 2.45) is 0 Å². The van der Waals surface area contributed by atoms with Gasteiger partial charge in [-0.05, 0) is 62.6 Å². The van der Waals surface area contributed by atoms with Crippen LogP contribution >= 0.6 is 0 Å². The number of fused-ring (bicyclic) bond motifs is 1. The fraction of sp³-hybridized carbons (Fsp3) is 0.522. The van der Waals surface area contributed by atoms with Gasteiger partial charge in [0, 0.05) is 22.9 Å². The summed E-state index contributed by atoms with van der Waals surface area (Å²) >= 11 is 0. The summed E-state index contributed by atoms with van der Waals surface area (Å²) in [4.78, 5) is 21.6. The van der Waals surface area contributed by atoms with Gasteiger partial charge in [0.05, 0.1) is 5.41 Å². The second-order valence-corrected chi connectivity index (χ2v) is 8.63. The number of carboxylic acid groups (broad SMARTS) is 1. The highest BCUT2D eigenvalue weighted by Gasteiger charge is 2.45. The Hall–Kier alpha value is -2.43. The molecule has 2 N–H and O–H groups in total. The van der Waals surface area contributed by atoms with Gasteiger partial charge in [0.2, 0.25) is 0 Å². The Balaban J connectivity index is 1.42. The van der Waals surface area contributed by atoms with Crippen molar-refractivity contribution in [3.05, 3.63) is 46.9 Å². The van der Waals surface area contributed by atoms with Crippen LogP contribution in [-0.4, -0.2) is 21.0 Å². The summed E-state index contributed by atoms with van der Waals surface area (Å²) in [6.45, 7) is 0. The Morgan fingerprint density at radius 1 is 1.00 bits per heavy atom. The fourth-order valence-corrected chi connectivity index (χ4v) is 5.09. The minimum absolute atomic E-state index is 0.503. The van der Waals surface area contributed by atoms with Crippen LogP contribution in [0.4, 0.5) is 11.5 Å². The average Bonchev–Trinajstić information content (AvgIpc) is 3.33. The summed E-state index contributed by atoms with van der Waals surface area (Å²) in [7, 11) is 0. The second kappa shape index (κ2) is 6.87. The number of carbonyl (C=O) groups is 1. The number of aliphatic carboxylic acids is 1. The number of rotatable bonds is 5. The summed E-state index contributed by atoms with van der Waals surface area (Å²) in [5.74, 6) is 1.77. The van der Waals surface area contributed by atoms with Gasteiger partial charge in [0.15, 0.2) is 0 Å². The van der Waals surface area contributed by atoms with Crippen LogP contribution < -0.4 is 5.32 Å². The molecule has 0 unspecified atom stereocenters. The van der Waals surface area contributed by atoms with E-state index in [9.17, 15) is 9.90 Å². The Labute approximate surface area is 165 Å². The molecule has 5 nitrogen and oxygen atoms in total. The van der Waals surface area contributed by atoms with Crippen LogP contribution in [0, 0.1) is 0 Å². The maximum absolute atomic E-state index is 11.7. The smallest absolute Gasteiger partial charge is 0.314 e. The number of hydrogen-bond acceptors (Lipinski definition) is 4. The molecule has 1 aromatic heterocycles. The van der Waals surface area contributed by atoms with E-state index >= 15 is 0 Å². The van der Waals surface area contributed by atoms with Crippen LogP contribution in [0.1, 0.15) is 79.9 Å². The molecule has 0 radical (unpaired) electrons. The number of benzene rings is 1. The number of anilines is 2. The van der Waals surface area contributed by atoms with Crippen molar-refractivity contribution in [2.45, 2.75) is 75.5 Å². The van der Waals surface area contributed by atoms with E-state index in [1.165, 1.54) is 36.9 Å². The molecule has 5 rings (SSSR count). The molecule has 2 saturated carbocycles. The van der Waals surface area contributed by atoms with E-state index in [2.05, 4.69) is 5.32 Å². The number of aromatic nitrogens is 2. The van der Waals surface area contributed by atoms with E-state index in [4.69, 9.17) is 9.97 Å². The van der Waals surface area contributed by atoms with Crippen molar-refractivity contribution in [1.82, 2.24) is 9.97 Å². The fourth-order valence-electron chi connectivity index (χ4n) is 5.09. The Morgan fingerprint density at radius 2 is 1.75 bits per heavy atom. The van der Waals surface area contributed by atoms with Crippen LogP contribution in [0.15, 0.2) is 24.3 Å². The monoisotopic (exact) mass is 377 g/mol. The molecule has 0 amide bonds. The molecule has 1 aromatic carbocycles. The lowest BCUT2D eigenvalue weighted by Crippen LogP contribution is -2.42. The van der Waals surface area contributed by atoms with Crippen molar-refractivity contribution in [3.63, 3.8) is 0 Å². The predicted octanol–water partition coefficient (Wildman–Crippen LogP) is 4.87. The lowest BCUT2D eigenvalue weighted by molar-refractivity contribution is -0.147. The average molecular weight is 377 g/mol. The molecular weight excluding hydrogens is 350 g/mol. The number of carboxylic acids is 1. The summed E-state index contributed by atoms with van der Waals surface area (Å²) < 4.78 is 0. The van der Waals surface area contributed by atoms with Crippen LogP contribution in [-0.2, 0) is 23.1 Å². The van der Waals surface area contributed by atoms with Crippen molar-refractivity contribution >= 4 is 17.5 Å². The Bertz CT molecular complexity index is 897. The minimum atomic E-state index is -0.700. The van der Waals surface area contributed by atoms with Gasteiger partial charge in [0.25, 0.3) is 0 Å². The van der Waals surface area contributed by atoms with E-state index < -0.39 is 11.4 Å². The van der Waals surface area contributed by atoms with E-state index in [1.54, 1.807) is 0 Å². The third kappa shape index (κ3) is 2.88. The molecule has 2 aromatic rings. The Morgan fingerprint density at radius 3 is 2.39 bits per heavy atom. The molecule has 3 aliphatic rings. The second-order valence-electron chi connectivity index (χ2n) is 8.63. The molecule has 5 heteroatoms. The molecular formula is C23H27N3O2. The quantitative estimate of drug-likeness (QED) is 0.777. The van der Waals surface area contributed by atoms with E-state index in [-0.39, 0.29) is 0 Å². The number of hydrogen-bond donors (Lipinski definition) is 2. The van der Waals surface area contributed by atoms with Gasteiger partial charge in [-0.3, -0.25) is 4.79 Å². The zero-order valence-corrected chi connectivity index (χ0v) is 16.2. The summed E-state index contributed by atoms with van der Waals surface area (Å²) in [5, 5.41) is 13.2. The van der Waals surface area contributed by atoms with Gasteiger partial charge in [-0.2, -0.15) is 0 Å². The van der Waals surface area contributed by atoms with Crippen molar-refractivity contribution in [1.29, 1.82) is 0 Å². The Kier molecular flexibility index (Phi) is 4.33. The molecule has 0 saturated heterocycles. The molecule has 3 aliphatic carbocycles. The maximum atomic E-state index is 11.7. The topological polar surface area (TPSA) is 75.1 Å². The lowest BCUT2D eigenvalue weighted by atomic mass is 9.64. The van der Waals surface area contributed by atoms with E-state index in [1.807, 2.05) is 24.3 Å². The summed E-state index contributed by atoms with van der Waals surface area (Å²) in [6, 6.07) is 7.93. The molecule has 146 valence electrons. The number of nitrogens with zero attached hydrogens (tertiary/aromatic N) is 2. The largest absolute Gasteiger partial charge is 0.481 e. The van der Waals surface area contributed by atoms with E-state index in [0.717, 1.165) is 61.4 Å². The lowest BCUT2D eigenvalue weighted by Gasteiger charge is -2.38. The molecule has 1 heterocycles. The van der Waals surface area contributed by atoms with E-state index in [0.29, 0.717) is 5.92 Å². The van der Waals surface area contributed by atoms with Gasteiger partial charge in [-0.15, -0.1) is 0 Å². The molecule has 0 aliphatic heterocycles. The molecule has 0 bridgehead atoms. The van der Waals surface area contributed by atoms with Crippen molar-refractivity contribution in [2.75, 3.05) is 5.32 Å². The number of aryl methyl sites for hydroxylation is 1. The summed E-state index contributed by atoms with van der Waals surface area (Å²) in [5.41, 5.74) is 3.68. The van der Waals surface area contributed by atoms with Crippen LogP contribution in [0.5, 0.6) is 0 Å². The zero-order chi connectivity index (χ0) is 19.1. The van der Waals surface area contributed by atoms with Crippen molar-refractivity contribution in [3.8, 4) is 0 Å². The SMILES string of the molecule is O=C(O)C1(c2ccc(Nc3nc(C4CCCC4)nc4c3CCC4)cc2)CCC1. The third-order valence-electron chi connectivity index (χ3n) is 6.99. The highest BCUT2D eigenvalue weighted by molar-refractivity contribution is 5.82. The minimum Gasteiger partial charge on any atom is -0.481 e. The molecule has 2 fully saturated rings. The first-order chi connectivity index (χ1) is 13.7. The highest BCUT2D eigenvalue weighted by Crippen LogP contribution is 2.44.